The molecule has 186 valence electrons. The minimum absolute atomic E-state index is 0.00625. The third-order valence-corrected chi connectivity index (χ3v) is 8.97. The Bertz CT molecular complexity index is 1310. The molecule has 1 saturated heterocycles. The molecule has 1 amide bonds. The van der Waals surface area contributed by atoms with E-state index in [1.807, 2.05) is 11.0 Å². The van der Waals surface area contributed by atoms with E-state index >= 15 is 0 Å². The van der Waals surface area contributed by atoms with Gasteiger partial charge in [0.05, 0.1) is 6.07 Å². The van der Waals surface area contributed by atoms with Crippen LogP contribution in [-0.4, -0.2) is 62.3 Å². The Morgan fingerprint density at radius 3 is 2.36 bits per heavy atom. The molecule has 2 saturated carbocycles. The van der Waals surface area contributed by atoms with Crippen molar-refractivity contribution < 1.29 is 4.79 Å². The molecule has 0 aromatic carbocycles. The molecule has 2 aromatic heterocycles. The highest BCUT2D eigenvalue weighted by molar-refractivity contribution is 5.87. The Kier molecular flexibility index (Phi) is 5.01. The van der Waals surface area contributed by atoms with E-state index in [9.17, 15) is 15.3 Å². The van der Waals surface area contributed by atoms with E-state index in [-0.39, 0.29) is 23.4 Å². The molecule has 0 radical (unpaired) electrons. The fraction of sp³-hybridized carbons (Fsp3) is 0.615. The van der Waals surface area contributed by atoms with Gasteiger partial charge in [-0.05, 0) is 46.0 Å². The molecule has 6 rings (SSSR count). The zero-order valence-electron chi connectivity index (χ0n) is 21.1. The first-order valence-corrected chi connectivity index (χ1v) is 12.9. The van der Waals surface area contributed by atoms with E-state index in [2.05, 4.69) is 40.9 Å². The van der Waals surface area contributed by atoms with E-state index in [0.717, 1.165) is 49.7 Å². The smallest absolute Gasteiger partial charge is 0.243 e. The van der Waals surface area contributed by atoms with Crippen molar-refractivity contribution in [3.63, 3.8) is 0 Å². The second-order valence-corrected chi connectivity index (χ2v) is 11.1. The first kappa shape index (κ1) is 22.8. The number of piperazine rings is 1. The number of hydrogen-bond acceptors (Lipinski definition) is 8. The van der Waals surface area contributed by atoms with Crippen LogP contribution in [0.25, 0.3) is 0 Å². The normalized spacial score (nSPS) is 25.5. The molecule has 0 N–H and O–H groups in total. The van der Waals surface area contributed by atoms with Gasteiger partial charge in [0.15, 0.2) is 5.82 Å². The first-order valence-electron chi connectivity index (χ1n) is 12.9. The largest absolute Gasteiger partial charge is 0.350 e. The Balaban J connectivity index is 1.34. The van der Waals surface area contributed by atoms with Gasteiger partial charge in [-0.25, -0.2) is 9.97 Å². The Morgan fingerprint density at radius 1 is 1.06 bits per heavy atom. The predicted octanol–water partition coefficient (Wildman–Crippen LogP) is 2.77. The quantitative estimate of drug-likeness (QED) is 0.651. The summed E-state index contributed by atoms with van der Waals surface area (Å²) in [7, 11) is 1.79. The minimum Gasteiger partial charge on any atom is -0.350 e. The summed E-state index contributed by atoms with van der Waals surface area (Å²) in [5, 5.41) is 23.8. The van der Waals surface area contributed by atoms with Crippen molar-refractivity contribution in [2.45, 2.75) is 69.9 Å². The van der Waals surface area contributed by atoms with Crippen molar-refractivity contribution in [2.75, 3.05) is 29.4 Å². The lowest BCUT2D eigenvalue weighted by molar-refractivity contribution is -0.146. The number of carbonyl (C=O) groups is 1. The Hall–Kier alpha value is -3.66. The summed E-state index contributed by atoms with van der Waals surface area (Å²) in [6, 6.07) is 6.39. The van der Waals surface area contributed by atoms with Gasteiger partial charge in [0.1, 0.15) is 35.1 Å². The maximum Gasteiger partial charge on any atom is 0.243 e. The zero-order chi connectivity index (χ0) is 25.2. The van der Waals surface area contributed by atoms with Gasteiger partial charge in [-0.15, -0.1) is 0 Å². The summed E-state index contributed by atoms with van der Waals surface area (Å²) >= 11 is 0. The van der Waals surface area contributed by atoms with Crippen LogP contribution >= 0.6 is 0 Å². The average Bonchev–Trinajstić information content (AvgIpc) is 3.37. The molecule has 10 nitrogen and oxygen atoms in total. The number of fused-ring (bicyclic) bond motifs is 2. The van der Waals surface area contributed by atoms with Crippen LogP contribution in [0.4, 0.5) is 17.5 Å². The SMILES string of the molecule is C[C@@H]1CN(c2ncnc3c2C2(CCC2)CN3c2cc(C#N)n(C)n2)[C@@H](C)CN1C(=O)C1(C#N)CCC1. The number of aromatic nitrogens is 4. The highest BCUT2D eigenvalue weighted by atomic mass is 16.2. The van der Waals surface area contributed by atoms with Crippen LogP contribution < -0.4 is 9.80 Å². The highest BCUT2D eigenvalue weighted by Crippen LogP contribution is 2.56. The van der Waals surface area contributed by atoms with Crippen LogP contribution in [0, 0.1) is 28.1 Å². The molecule has 3 fully saturated rings. The van der Waals surface area contributed by atoms with Gasteiger partial charge in [0.2, 0.25) is 5.91 Å². The van der Waals surface area contributed by atoms with Crippen LogP contribution in [0.3, 0.4) is 0 Å². The second kappa shape index (κ2) is 7.92. The van der Waals surface area contributed by atoms with Gasteiger partial charge >= 0.3 is 0 Å². The number of amides is 1. The van der Waals surface area contributed by atoms with Crippen LogP contribution in [0.15, 0.2) is 12.4 Å². The molecular weight excluding hydrogens is 454 g/mol. The van der Waals surface area contributed by atoms with Crippen LogP contribution in [-0.2, 0) is 17.3 Å². The topological polar surface area (TPSA) is 118 Å². The summed E-state index contributed by atoms with van der Waals surface area (Å²) < 4.78 is 1.61. The number of carbonyl (C=O) groups excluding carboxylic acids is 1. The lowest BCUT2D eigenvalue weighted by Crippen LogP contribution is -2.62. The van der Waals surface area contributed by atoms with Crippen molar-refractivity contribution >= 4 is 23.4 Å². The molecule has 4 heterocycles. The molecule has 2 aromatic rings. The van der Waals surface area contributed by atoms with E-state index in [0.29, 0.717) is 31.6 Å². The standard InChI is InChI=1S/C26H31N9O/c1-17-13-34(24(36)25(14-28)6-4-7-25)18(2)12-33(17)22-21-23(30-16-29-22)35(15-26(21)8-5-9-26)20-10-19(11-27)32(3)31-20/h10,16-18H,4-9,12-13,15H2,1-3H3/t17-,18+/m0/s1. The van der Waals surface area contributed by atoms with E-state index in [1.54, 1.807) is 18.1 Å². The van der Waals surface area contributed by atoms with Gasteiger partial charge < -0.3 is 14.7 Å². The van der Waals surface area contributed by atoms with Crippen LogP contribution in [0.5, 0.6) is 0 Å². The van der Waals surface area contributed by atoms with E-state index in [4.69, 9.17) is 9.97 Å². The molecule has 2 aliphatic heterocycles. The van der Waals surface area contributed by atoms with Crippen molar-refractivity contribution in [3.8, 4) is 12.1 Å². The summed E-state index contributed by atoms with van der Waals surface area (Å²) in [6.07, 6.45) is 7.22. The Morgan fingerprint density at radius 2 is 1.78 bits per heavy atom. The zero-order valence-corrected chi connectivity index (χ0v) is 21.1. The molecule has 1 spiro atoms. The summed E-state index contributed by atoms with van der Waals surface area (Å²) in [5.41, 5.74) is 0.837. The molecule has 4 aliphatic rings. The second-order valence-electron chi connectivity index (χ2n) is 11.1. The monoisotopic (exact) mass is 485 g/mol. The summed E-state index contributed by atoms with van der Waals surface area (Å²) in [6.45, 7) is 6.23. The van der Waals surface area contributed by atoms with Gasteiger partial charge in [-0.3, -0.25) is 9.48 Å². The summed E-state index contributed by atoms with van der Waals surface area (Å²) in [4.78, 5) is 29.3. The summed E-state index contributed by atoms with van der Waals surface area (Å²) in [5.74, 6) is 2.55. The van der Waals surface area contributed by atoms with Crippen LogP contribution in [0.2, 0.25) is 0 Å². The Labute approximate surface area is 211 Å². The number of anilines is 3. The molecule has 2 aliphatic carbocycles. The van der Waals surface area contributed by atoms with Gasteiger partial charge in [-0.1, -0.05) is 6.42 Å². The molecule has 2 atom stereocenters. The van der Waals surface area contributed by atoms with E-state index < -0.39 is 5.41 Å². The molecule has 0 bridgehead atoms. The van der Waals surface area contributed by atoms with E-state index in [1.165, 1.54) is 5.56 Å². The maximum absolute atomic E-state index is 13.4. The molecule has 10 heteroatoms. The number of nitrogens with zero attached hydrogens (tertiary/aromatic N) is 9. The fourth-order valence-electron chi connectivity index (χ4n) is 6.49. The van der Waals surface area contributed by atoms with Crippen LogP contribution in [0.1, 0.15) is 63.6 Å². The highest BCUT2D eigenvalue weighted by Gasteiger charge is 2.53. The number of rotatable bonds is 3. The molecular formula is C26H31N9O. The average molecular weight is 486 g/mol. The van der Waals surface area contributed by atoms with Crippen molar-refractivity contribution in [1.82, 2.24) is 24.6 Å². The minimum atomic E-state index is -0.826. The molecule has 36 heavy (non-hydrogen) atoms. The van der Waals surface area contributed by atoms with Crippen molar-refractivity contribution in [3.05, 3.63) is 23.7 Å². The maximum atomic E-state index is 13.4. The van der Waals surface area contributed by atoms with Crippen molar-refractivity contribution in [2.24, 2.45) is 12.5 Å². The number of aryl methyl sites for hydroxylation is 1. The lowest BCUT2D eigenvalue weighted by atomic mass is 9.66. The van der Waals surface area contributed by atoms with Gasteiger partial charge in [0, 0.05) is 55.8 Å². The van der Waals surface area contributed by atoms with Crippen molar-refractivity contribution in [1.29, 1.82) is 10.5 Å². The number of nitriles is 2. The molecule has 0 unspecified atom stereocenters. The third kappa shape index (κ3) is 3.06. The number of hydrogen-bond donors (Lipinski definition) is 0. The fourth-order valence-corrected chi connectivity index (χ4v) is 6.49. The van der Waals surface area contributed by atoms with Gasteiger partial charge in [0.25, 0.3) is 0 Å². The van der Waals surface area contributed by atoms with Gasteiger partial charge in [-0.2, -0.15) is 15.6 Å². The predicted molar refractivity (Wildman–Crippen MR) is 132 cm³/mol. The first-order chi connectivity index (χ1) is 17.3. The third-order valence-electron chi connectivity index (χ3n) is 8.97. The lowest BCUT2D eigenvalue weighted by Gasteiger charge is -2.49.